The minimum atomic E-state index is -2.84. The van der Waals surface area contributed by atoms with E-state index in [4.69, 9.17) is 10.5 Å². The van der Waals surface area contributed by atoms with E-state index in [9.17, 15) is 39.6 Å². The Morgan fingerprint density at radius 3 is 2.43 bits per heavy atom. The molecule has 12 nitrogen and oxygen atoms in total. The number of nitrogens with zero attached hydrogens (tertiary/aromatic N) is 2. The van der Waals surface area contributed by atoms with E-state index in [2.05, 4.69) is 4.90 Å². The number of nitrogens with two attached hydrogens (primary N) is 1. The highest BCUT2D eigenvalue weighted by Crippen LogP contribution is 2.59. The van der Waals surface area contributed by atoms with Crippen LogP contribution in [0.1, 0.15) is 36.8 Å². The Morgan fingerprint density at radius 1 is 1.14 bits per heavy atom. The number of rotatable bonds is 7. The number of ether oxygens (including phenoxy) is 1. The molecule has 1 saturated carbocycles. The van der Waals surface area contributed by atoms with E-state index in [0.717, 1.165) is 0 Å². The molecule has 0 spiro atoms. The molecular weight excluding hydrogens is 546 g/mol. The Labute approximate surface area is 243 Å². The number of phenols is 1. The third kappa shape index (κ3) is 4.44. The van der Waals surface area contributed by atoms with Crippen LogP contribution in [0.2, 0.25) is 0 Å². The average molecular weight is 584 g/mol. The summed E-state index contributed by atoms with van der Waals surface area (Å²) < 4.78 is 5.38. The van der Waals surface area contributed by atoms with Crippen molar-refractivity contribution in [2.45, 2.75) is 37.3 Å². The van der Waals surface area contributed by atoms with Gasteiger partial charge in [0.15, 0.2) is 11.4 Å². The summed E-state index contributed by atoms with van der Waals surface area (Å²) in [4.78, 5) is 57.4. The Kier molecular flexibility index (Phi) is 7.77. The molecule has 1 heterocycles. The number of carbonyl (C=O) groups excluding carboxylic acids is 4. The number of morpholine rings is 1. The molecule has 0 aromatic heterocycles. The summed E-state index contributed by atoms with van der Waals surface area (Å²) in [5, 5.41) is 45.5. The number of primary amides is 1. The lowest BCUT2D eigenvalue weighted by Gasteiger charge is -2.55. The molecule has 6 N–H and O–H groups in total. The SMILES string of the molecule is CC1c2cccc(O)c2C(O)=C2C(=O)C3(O)C(O)=C(C(N)=O)C(=O)C(N(C)C)C3C(CC(=O)CCN3CCOCC3)C21. The van der Waals surface area contributed by atoms with E-state index >= 15 is 0 Å². The first-order valence-corrected chi connectivity index (χ1v) is 14.1. The van der Waals surface area contributed by atoms with Gasteiger partial charge in [-0.15, -0.1) is 0 Å². The molecule has 5 rings (SSSR count). The Balaban J connectivity index is 1.69. The molecule has 4 aliphatic rings. The van der Waals surface area contributed by atoms with Crippen LogP contribution in [0.3, 0.4) is 0 Å². The number of likely N-dealkylation sites (N-methyl/N-ethyl adjacent to an activating group) is 1. The number of ketones is 3. The van der Waals surface area contributed by atoms with Crippen molar-refractivity contribution in [1.82, 2.24) is 9.80 Å². The number of hydrogen-bond donors (Lipinski definition) is 5. The van der Waals surface area contributed by atoms with Gasteiger partial charge in [-0.05, 0) is 37.6 Å². The quantitative estimate of drug-likeness (QED) is 0.280. The van der Waals surface area contributed by atoms with Gasteiger partial charge in [0.05, 0.1) is 24.8 Å². The maximum absolute atomic E-state index is 14.3. The van der Waals surface area contributed by atoms with Gasteiger partial charge in [-0.25, -0.2) is 0 Å². The molecular formula is C30H37N3O9. The smallest absolute Gasteiger partial charge is 0.255 e. The molecule has 12 heteroatoms. The van der Waals surface area contributed by atoms with Crippen LogP contribution in [0, 0.1) is 17.8 Å². The van der Waals surface area contributed by atoms with Gasteiger partial charge < -0.3 is 30.9 Å². The predicted molar refractivity (Wildman–Crippen MR) is 149 cm³/mol. The van der Waals surface area contributed by atoms with Crippen LogP contribution in [-0.2, 0) is 23.9 Å². The fourth-order valence-corrected chi connectivity index (χ4v) is 7.53. The molecule has 1 aliphatic heterocycles. The number of aliphatic hydroxyl groups excluding tert-OH is 2. The van der Waals surface area contributed by atoms with E-state index in [0.29, 0.717) is 38.4 Å². The summed E-state index contributed by atoms with van der Waals surface area (Å²) >= 11 is 0. The lowest BCUT2D eigenvalue weighted by molar-refractivity contribution is -0.162. The molecule has 0 bridgehead atoms. The van der Waals surface area contributed by atoms with Crippen molar-refractivity contribution in [2.75, 3.05) is 46.9 Å². The van der Waals surface area contributed by atoms with Gasteiger partial charge in [0, 0.05) is 49.9 Å². The number of aromatic hydroxyl groups is 1. The molecule has 1 aromatic rings. The monoisotopic (exact) mass is 583 g/mol. The summed E-state index contributed by atoms with van der Waals surface area (Å²) in [5.41, 5.74) is 1.98. The molecule has 1 amide bonds. The number of fused-ring (bicyclic) bond motifs is 3. The van der Waals surface area contributed by atoms with Gasteiger partial charge in [0.25, 0.3) is 5.91 Å². The van der Waals surface area contributed by atoms with Crippen molar-refractivity contribution < 1.29 is 44.3 Å². The van der Waals surface area contributed by atoms with E-state index < -0.39 is 69.9 Å². The van der Waals surface area contributed by atoms with Crippen molar-refractivity contribution in [1.29, 1.82) is 0 Å². The van der Waals surface area contributed by atoms with Gasteiger partial charge in [-0.2, -0.15) is 0 Å². The highest BCUT2D eigenvalue weighted by atomic mass is 16.5. The van der Waals surface area contributed by atoms with Crippen LogP contribution < -0.4 is 5.73 Å². The Morgan fingerprint density at radius 2 is 1.81 bits per heavy atom. The topological polar surface area (TPSA) is 191 Å². The Bertz CT molecular complexity index is 1410. The summed E-state index contributed by atoms with van der Waals surface area (Å²) in [6, 6.07) is 3.36. The first kappa shape index (κ1) is 29.9. The lowest BCUT2D eigenvalue weighted by Crippen LogP contribution is -2.69. The molecule has 226 valence electrons. The number of Topliss-reactive ketones (excluding diaryl/α,β-unsaturated/α-hetero) is 3. The number of benzene rings is 1. The van der Waals surface area contributed by atoms with Gasteiger partial charge in [-0.1, -0.05) is 19.1 Å². The van der Waals surface area contributed by atoms with Crippen LogP contribution in [0.5, 0.6) is 5.75 Å². The van der Waals surface area contributed by atoms with E-state index in [1.165, 1.54) is 25.1 Å². The Hall–Kier alpha value is -3.58. The first-order valence-electron chi connectivity index (χ1n) is 14.1. The van der Waals surface area contributed by atoms with Crippen LogP contribution in [0.15, 0.2) is 35.1 Å². The fraction of sp³-hybridized carbons (Fsp3) is 0.533. The third-order valence-corrected chi connectivity index (χ3v) is 9.45. The second-order valence-corrected chi connectivity index (χ2v) is 11.9. The molecule has 2 fully saturated rings. The molecule has 6 atom stereocenters. The zero-order valence-corrected chi connectivity index (χ0v) is 23.9. The van der Waals surface area contributed by atoms with Gasteiger partial charge >= 0.3 is 0 Å². The number of aliphatic hydroxyl groups is 3. The van der Waals surface area contributed by atoms with Gasteiger partial charge in [-0.3, -0.25) is 29.0 Å². The zero-order chi connectivity index (χ0) is 30.7. The standard InChI is InChI=1S/C30H37N3O9/c1-14-16-5-4-6-18(35)20(16)25(36)21-19(14)17(13-15(34)7-8-33-9-11-42-12-10-33)23-24(32(2)3)26(37)22(29(31)40)28(39)30(23,41)27(21)38/h4-6,14,17,19,23-24,35-36,39,41H,7-13H2,1-3H3,(H2,31,40). The molecule has 6 unspecified atom stereocenters. The third-order valence-electron chi connectivity index (χ3n) is 9.45. The van der Waals surface area contributed by atoms with Crippen LogP contribution in [0.25, 0.3) is 5.76 Å². The molecule has 1 saturated heterocycles. The number of hydrogen-bond acceptors (Lipinski definition) is 11. The second-order valence-electron chi connectivity index (χ2n) is 11.9. The minimum Gasteiger partial charge on any atom is -0.508 e. The van der Waals surface area contributed by atoms with E-state index in [-0.39, 0.29) is 35.5 Å². The number of carbonyl (C=O) groups is 4. The highest BCUT2D eigenvalue weighted by molar-refractivity contribution is 6.24. The maximum atomic E-state index is 14.3. The molecule has 0 radical (unpaired) electrons. The number of phenolic OH excluding ortho intramolecular Hbond substituents is 1. The average Bonchev–Trinajstić information content (AvgIpc) is 2.93. The maximum Gasteiger partial charge on any atom is 0.255 e. The highest BCUT2D eigenvalue weighted by Gasteiger charge is 2.68. The zero-order valence-electron chi connectivity index (χ0n) is 23.9. The van der Waals surface area contributed by atoms with Crippen molar-refractivity contribution in [2.24, 2.45) is 23.5 Å². The molecule has 3 aliphatic carbocycles. The largest absolute Gasteiger partial charge is 0.508 e. The predicted octanol–water partition coefficient (Wildman–Crippen LogP) is 0.433. The van der Waals surface area contributed by atoms with Crippen molar-refractivity contribution >= 4 is 29.0 Å². The lowest BCUT2D eigenvalue weighted by atomic mass is 9.50. The first-order chi connectivity index (χ1) is 19.8. The summed E-state index contributed by atoms with van der Waals surface area (Å²) in [5.74, 6) is -9.22. The van der Waals surface area contributed by atoms with E-state index in [1.807, 2.05) is 0 Å². The van der Waals surface area contributed by atoms with Crippen molar-refractivity contribution in [3.8, 4) is 5.75 Å². The van der Waals surface area contributed by atoms with Crippen LogP contribution >= 0.6 is 0 Å². The van der Waals surface area contributed by atoms with Gasteiger partial charge in [0.2, 0.25) is 5.78 Å². The normalized spacial score (nSPS) is 31.6. The van der Waals surface area contributed by atoms with Gasteiger partial charge in [0.1, 0.15) is 28.6 Å². The van der Waals surface area contributed by atoms with E-state index in [1.54, 1.807) is 19.1 Å². The van der Waals surface area contributed by atoms with Crippen LogP contribution in [0.4, 0.5) is 0 Å². The number of amides is 1. The second kappa shape index (κ2) is 10.9. The summed E-state index contributed by atoms with van der Waals surface area (Å²) in [7, 11) is 3.07. The minimum absolute atomic E-state index is 0.0127. The molecule has 1 aromatic carbocycles. The summed E-state index contributed by atoms with van der Waals surface area (Å²) in [6.45, 7) is 4.75. The summed E-state index contributed by atoms with van der Waals surface area (Å²) in [6.07, 6.45) is -0.0185. The van der Waals surface area contributed by atoms with Crippen molar-refractivity contribution in [3.63, 3.8) is 0 Å². The van der Waals surface area contributed by atoms with Crippen LogP contribution in [-0.4, -0.2) is 112 Å². The molecule has 42 heavy (non-hydrogen) atoms. The van der Waals surface area contributed by atoms with Crippen molar-refractivity contribution in [3.05, 3.63) is 46.2 Å². The fourth-order valence-electron chi connectivity index (χ4n) is 7.53.